The van der Waals surface area contributed by atoms with E-state index in [0.29, 0.717) is 0 Å². The Hall–Kier alpha value is 1.01. The third-order valence-corrected chi connectivity index (χ3v) is 1.39. The molecule has 0 amide bonds. The molecular formula is C16H43VW-. The minimum Gasteiger partial charge on any atom is -0.358 e. The van der Waals surface area contributed by atoms with Gasteiger partial charge in [-0.15, -0.1) is 0 Å². The number of allylic oxidation sites excluding steroid dienone is 2. The van der Waals surface area contributed by atoms with Gasteiger partial charge in [0.05, 0.1) is 0 Å². The van der Waals surface area contributed by atoms with E-state index >= 15 is 0 Å². The molecule has 0 aliphatic heterocycles. The maximum Gasteiger partial charge on any atom is 2.00 e. The van der Waals surface area contributed by atoms with Gasteiger partial charge in [0.1, 0.15) is 0 Å². The maximum atomic E-state index is 2.22. The summed E-state index contributed by atoms with van der Waals surface area (Å²) in [4.78, 5) is 0. The molecule has 0 fully saturated rings. The first-order valence-electron chi connectivity index (χ1n) is 4.14. The van der Waals surface area contributed by atoms with E-state index < -0.39 is 0 Å². The standard InChI is InChI=1S/C5H12.C5H10.3CH4.3CH3.V.W/c2*1-4-5(2)3;;;;;;;;/h5H,4H2,1-3H3;4H,1-3H3;3*1H4;3*1H3;;/q;;;;;3*-1;+2;. The molecule has 0 bridgehead atoms. The van der Waals surface area contributed by atoms with Crippen molar-refractivity contribution in [2.45, 2.75) is 70.2 Å². The van der Waals surface area contributed by atoms with Crippen LogP contribution < -0.4 is 0 Å². The van der Waals surface area contributed by atoms with Crippen molar-refractivity contribution in [1.82, 2.24) is 0 Å². The van der Waals surface area contributed by atoms with Crippen molar-refractivity contribution in [1.29, 1.82) is 0 Å². The van der Waals surface area contributed by atoms with Gasteiger partial charge in [0.15, 0.2) is 0 Å². The Morgan fingerprint density at radius 3 is 1.06 bits per heavy atom. The van der Waals surface area contributed by atoms with Crippen molar-refractivity contribution in [2.24, 2.45) is 5.92 Å². The number of rotatable bonds is 1. The summed E-state index contributed by atoms with van der Waals surface area (Å²) in [6, 6.07) is 0. The molecule has 0 saturated heterocycles. The van der Waals surface area contributed by atoms with Gasteiger partial charge >= 0.3 is 18.6 Å². The average Bonchev–Trinajstić information content (AvgIpc) is 1.89. The van der Waals surface area contributed by atoms with E-state index in [0.717, 1.165) is 5.92 Å². The molecule has 0 heterocycles. The molecule has 2 heteroatoms. The van der Waals surface area contributed by atoms with E-state index in [4.69, 9.17) is 0 Å². The summed E-state index contributed by atoms with van der Waals surface area (Å²) in [5.74, 6) is 0.884. The van der Waals surface area contributed by atoms with Crippen LogP contribution in [-0.2, 0) is 39.6 Å². The molecule has 0 unspecified atom stereocenters. The van der Waals surface area contributed by atoms with Crippen LogP contribution in [0.1, 0.15) is 70.2 Å². The first-order valence-corrected chi connectivity index (χ1v) is 4.14. The third kappa shape index (κ3) is 174. The van der Waals surface area contributed by atoms with Crippen LogP contribution in [0.15, 0.2) is 11.6 Å². The number of hydrogen-bond donors (Lipinski definition) is 0. The molecule has 0 aromatic heterocycles. The molecule has 0 aromatic carbocycles. The van der Waals surface area contributed by atoms with Gasteiger partial charge in [-0.25, -0.2) is 0 Å². The molecule has 0 saturated carbocycles. The summed E-state index contributed by atoms with van der Waals surface area (Å²) < 4.78 is 0. The maximum absolute atomic E-state index is 2.22. The van der Waals surface area contributed by atoms with Gasteiger partial charge in [0, 0.05) is 21.1 Å². The molecule has 0 aliphatic carbocycles. The van der Waals surface area contributed by atoms with Crippen molar-refractivity contribution < 1.29 is 39.6 Å². The Morgan fingerprint density at radius 1 is 0.944 bits per heavy atom. The second-order valence-electron chi connectivity index (χ2n) is 3.17. The predicted octanol–water partition coefficient (Wildman–Crippen LogP) is 7.28. The molecular weight excluding hydrogens is 427 g/mol. The fourth-order valence-corrected chi connectivity index (χ4v) is 0. The largest absolute Gasteiger partial charge is 2.00 e. The molecule has 0 rings (SSSR count). The van der Waals surface area contributed by atoms with E-state index in [9.17, 15) is 0 Å². The molecule has 0 nitrogen and oxygen atoms in total. The van der Waals surface area contributed by atoms with Gasteiger partial charge in [-0.2, -0.15) is 0 Å². The summed E-state index contributed by atoms with van der Waals surface area (Å²) >= 11 is 0. The van der Waals surface area contributed by atoms with Crippen molar-refractivity contribution in [3.8, 4) is 0 Å². The van der Waals surface area contributed by atoms with E-state index in [1.54, 1.807) is 0 Å². The Morgan fingerprint density at radius 2 is 1.06 bits per heavy atom. The van der Waals surface area contributed by atoms with Crippen LogP contribution in [0.2, 0.25) is 0 Å². The van der Waals surface area contributed by atoms with Crippen molar-refractivity contribution >= 4 is 0 Å². The normalized spacial score (nSPS) is 4.61. The quantitative estimate of drug-likeness (QED) is 0.279. The third-order valence-electron chi connectivity index (χ3n) is 1.39. The summed E-state index contributed by atoms with van der Waals surface area (Å²) in [5.41, 5.74) is 1.38. The fraction of sp³-hybridized carbons (Fsp3) is 0.688. The average molecular weight is 470 g/mol. The smallest absolute Gasteiger partial charge is 0.358 e. The number of hydrogen-bond acceptors (Lipinski definition) is 0. The van der Waals surface area contributed by atoms with Crippen LogP contribution in [-0.4, -0.2) is 0 Å². The summed E-state index contributed by atoms with van der Waals surface area (Å²) in [7, 11) is 0. The zero-order valence-corrected chi connectivity index (χ0v) is 16.5. The second kappa shape index (κ2) is 64.2. The van der Waals surface area contributed by atoms with Crippen LogP contribution in [0, 0.1) is 28.2 Å². The van der Waals surface area contributed by atoms with Gasteiger partial charge in [0.25, 0.3) is 0 Å². The van der Waals surface area contributed by atoms with Crippen LogP contribution in [0.3, 0.4) is 0 Å². The topological polar surface area (TPSA) is 0 Å². The Kier molecular flexibility index (Phi) is 271. The minimum absolute atomic E-state index is 0. The molecule has 0 aromatic rings. The summed E-state index contributed by atoms with van der Waals surface area (Å²) in [6.07, 6.45) is 3.39. The van der Waals surface area contributed by atoms with Gasteiger partial charge in [0.2, 0.25) is 0 Å². The molecule has 0 N–H and O–H groups in total. The SMILES string of the molecule is C.C.C.CC=C(C)C.CCC(C)C.[CH3-].[CH3-].[CH3-].[V+2].[W]. The minimum atomic E-state index is 0. The van der Waals surface area contributed by atoms with Crippen LogP contribution in [0.25, 0.3) is 0 Å². The first kappa shape index (κ1) is 75.9. The van der Waals surface area contributed by atoms with Crippen molar-refractivity contribution in [2.75, 3.05) is 0 Å². The molecule has 0 aliphatic rings. The van der Waals surface area contributed by atoms with Gasteiger partial charge in [-0.05, 0) is 26.7 Å². The zero-order chi connectivity index (χ0) is 8.57. The predicted molar refractivity (Wildman–Crippen MR) is 89.7 cm³/mol. The molecule has 0 spiro atoms. The van der Waals surface area contributed by atoms with E-state index in [1.165, 1.54) is 12.0 Å². The van der Waals surface area contributed by atoms with Gasteiger partial charge < -0.3 is 22.3 Å². The van der Waals surface area contributed by atoms with Crippen molar-refractivity contribution in [3.05, 3.63) is 33.9 Å². The second-order valence-corrected chi connectivity index (χ2v) is 3.17. The fourth-order valence-electron chi connectivity index (χ4n) is 0. The van der Waals surface area contributed by atoms with Crippen LogP contribution in [0.4, 0.5) is 0 Å². The Bertz CT molecular complexity index is 85.1. The van der Waals surface area contributed by atoms with Gasteiger partial charge in [-0.1, -0.05) is 61.1 Å². The zero-order valence-electron chi connectivity index (χ0n) is 12.2. The van der Waals surface area contributed by atoms with E-state index in [-0.39, 0.29) is 84.2 Å². The first-order chi connectivity index (χ1) is 4.54. The monoisotopic (exact) mass is 470 g/mol. The van der Waals surface area contributed by atoms with E-state index in [1.807, 2.05) is 6.92 Å². The molecule has 1 radical (unpaired) electrons. The molecule has 0 atom stereocenters. The Labute approximate surface area is 149 Å². The van der Waals surface area contributed by atoms with Crippen LogP contribution in [0.5, 0.6) is 0 Å². The Balaban J connectivity index is -0.00000000615. The van der Waals surface area contributed by atoms with Crippen molar-refractivity contribution in [3.63, 3.8) is 0 Å². The molecule has 18 heavy (non-hydrogen) atoms. The summed E-state index contributed by atoms with van der Waals surface area (Å²) in [6.45, 7) is 12.8. The molecule has 119 valence electrons. The van der Waals surface area contributed by atoms with E-state index in [2.05, 4.69) is 40.7 Å². The summed E-state index contributed by atoms with van der Waals surface area (Å²) in [5, 5.41) is 0. The van der Waals surface area contributed by atoms with Gasteiger partial charge in [-0.3, -0.25) is 0 Å². The van der Waals surface area contributed by atoms with Crippen LogP contribution >= 0.6 is 0 Å².